The Bertz CT molecular complexity index is 805. The molecule has 2 aromatic rings. The van der Waals surface area contributed by atoms with Crippen molar-refractivity contribution in [2.45, 2.75) is 51.6 Å². The molecule has 3 heterocycles. The van der Waals surface area contributed by atoms with Crippen LogP contribution >= 0.6 is 11.3 Å². The number of aryl methyl sites for hydroxylation is 2. The number of halogens is 2. The van der Waals surface area contributed by atoms with Crippen molar-refractivity contribution in [3.05, 3.63) is 44.0 Å². The zero-order chi connectivity index (χ0) is 18.1. The zero-order valence-corrected chi connectivity index (χ0v) is 15.4. The lowest BCUT2D eigenvalue weighted by Crippen LogP contribution is -2.36. The van der Waals surface area contributed by atoms with Crippen molar-refractivity contribution in [3.63, 3.8) is 0 Å². The number of fused-ring (bicyclic) bond motifs is 1. The highest BCUT2D eigenvalue weighted by molar-refractivity contribution is 7.11. The Labute approximate surface area is 154 Å². The van der Waals surface area contributed by atoms with Gasteiger partial charge in [0.05, 0.1) is 18.6 Å². The van der Waals surface area contributed by atoms with Crippen LogP contribution in [0.4, 0.5) is 8.78 Å². The summed E-state index contributed by atoms with van der Waals surface area (Å²) in [6.07, 6.45) is 4.10. The summed E-state index contributed by atoms with van der Waals surface area (Å²) in [6.45, 7) is 3.42. The van der Waals surface area contributed by atoms with Gasteiger partial charge in [-0.1, -0.05) is 0 Å². The molecule has 2 aromatic heterocycles. The van der Waals surface area contributed by atoms with Crippen LogP contribution in [0.3, 0.4) is 0 Å². The fourth-order valence-corrected chi connectivity index (χ4v) is 5.00. The van der Waals surface area contributed by atoms with E-state index in [9.17, 15) is 13.6 Å². The van der Waals surface area contributed by atoms with Crippen molar-refractivity contribution >= 4 is 11.3 Å². The topological polar surface area (TPSA) is 51.0 Å². The molecule has 1 saturated heterocycles. The van der Waals surface area contributed by atoms with E-state index < -0.39 is 17.7 Å². The number of piperidine rings is 1. The van der Waals surface area contributed by atoms with E-state index in [0.29, 0.717) is 12.5 Å². The molecule has 0 N–H and O–H groups in total. The quantitative estimate of drug-likeness (QED) is 0.800. The molecule has 1 aliphatic carbocycles. The summed E-state index contributed by atoms with van der Waals surface area (Å²) in [5.74, 6) is 0.379. The van der Waals surface area contributed by atoms with Gasteiger partial charge >= 0.3 is 0 Å². The fourth-order valence-electron chi connectivity index (χ4n) is 3.80. The minimum atomic E-state index is -2.70. The number of hydrogen-bond donors (Lipinski definition) is 0. The number of likely N-dealkylation sites (tertiary alicyclic amines) is 1. The molecular weight excluding hydrogens is 358 g/mol. The summed E-state index contributed by atoms with van der Waals surface area (Å²) in [4.78, 5) is 24.3. The third-order valence-corrected chi connectivity index (χ3v) is 6.43. The highest BCUT2D eigenvalue weighted by Gasteiger charge is 2.23. The fraction of sp³-hybridized carbons (Fsp3) is 0.611. The van der Waals surface area contributed by atoms with E-state index in [-0.39, 0.29) is 0 Å². The minimum absolute atomic E-state index is 0.379. The van der Waals surface area contributed by atoms with Gasteiger partial charge in [0.1, 0.15) is 10.7 Å². The largest absolute Gasteiger partial charge is 0.299 e. The first-order valence-electron chi connectivity index (χ1n) is 9.13. The minimum Gasteiger partial charge on any atom is -0.299 e. The van der Waals surface area contributed by atoms with Gasteiger partial charge in [-0.2, -0.15) is 0 Å². The zero-order valence-electron chi connectivity index (χ0n) is 14.5. The molecule has 0 radical (unpaired) electrons. The molecule has 0 bridgehead atoms. The van der Waals surface area contributed by atoms with Gasteiger partial charge in [-0.25, -0.2) is 18.7 Å². The lowest BCUT2D eigenvalue weighted by atomic mass is 9.97. The smallest absolute Gasteiger partial charge is 0.280 e. The molecule has 0 aromatic carbocycles. The molecule has 0 unspecified atom stereocenters. The van der Waals surface area contributed by atoms with Gasteiger partial charge in [0.2, 0.25) is 0 Å². The van der Waals surface area contributed by atoms with Crippen molar-refractivity contribution < 1.29 is 8.78 Å². The number of aromatic nitrogens is 3. The number of rotatable bonds is 5. The number of alkyl halides is 2. The maximum atomic E-state index is 12.6. The Morgan fingerprint density at radius 1 is 1.27 bits per heavy atom. The SMILES string of the molecule is O=c1cc(C(F)F)ncn1CC1CCN(Cc2nc3c(s2)CCC3)CC1. The van der Waals surface area contributed by atoms with E-state index in [4.69, 9.17) is 4.98 Å². The first-order chi connectivity index (χ1) is 12.6. The maximum absolute atomic E-state index is 12.6. The second-order valence-corrected chi connectivity index (χ2v) is 8.32. The molecule has 0 spiro atoms. The lowest BCUT2D eigenvalue weighted by Gasteiger charge is -2.31. The Hall–Kier alpha value is -1.67. The number of nitrogens with zero attached hydrogens (tertiary/aromatic N) is 4. The summed E-state index contributed by atoms with van der Waals surface area (Å²) in [5, 5.41) is 1.22. The first-order valence-corrected chi connectivity index (χ1v) is 9.94. The standard InChI is InChI=1S/C18H22F2N4OS/c19-18(20)14-8-17(25)24(11-21-14)9-12-4-6-23(7-5-12)10-16-22-13-2-1-3-15(13)26-16/h8,11-12,18H,1-7,9-10H2. The van der Waals surface area contributed by atoms with Gasteiger partial charge in [0, 0.05) is 17.5 Å². The van der Waals surface area contributed by atoms with Crippen LogP contribution in [-0.2, 0) is 25.9 Å². The summed E-state index contributed by atoms with van der Waals surface area (Å²) in [5.41, 5.74) is 0.463. The summed E-state index contributed by atoms with van der Waals surface area (Å²) in [7, 11) is 0. The molecular formula is C18H22F2N4OS. The third kappa shape index (κ3) is 3.86. The van der Waals surface area contributed by atoms with Crippen molar-refractivity contribution in [1.29, 1.82) is 0 Å². The Morgan fingerprint density at radius 3 is 2.77 bits per heavy atom. The van der Waals surface area contributed by atoms with Gasteiger partial charge in [-0.05, 0) is 51.1 Å². The predicted molar refractivity (Wildman–Crippen MR) is 95.6 cm³/mol. The van der Waals surface area contributed by atoms with E-state index in [2.05, 4.69) is 9.88 Å². The summed E-state index contributed by atoms with van der Waals surface area (Å²) >= 11 is 1.86. The van der Waals surface area contributed by atoms with Crippen molar-refractivity contribution in [2.24, 2.45) is 5.92 Å². The molecule has 1 fully saturated rings. The van der Waals surface area contributed by atoms with E-state index in [1.54, 1.807) is 0 Å². The van der Waals surface area contributed by atoms with Crippen LogP contribution in [-0.4, -0.2) is 32.5 Å². The first kappa shape index (κ1) is 17.7. The van der Waals surface area contributed by atoms with Gasteiger partial charge in [-0.3, -0.25) is 14.3 Å². The second kappa shape index (κ2) is 7.52. The number of thiazole rings is 1. The van der Waals surface area contributed by atoms with E-state index in [0.717, 1.165) is 45.0 Å². The number of hydrogen-bond acceptors (Lipinski definition) is 5. The van der Waals surface area contributed by atoms with E-state index in [1.165, 1.54) is 39.3 Å². The molecule has 2 aliphatic rings. The van der Waals surface area contributed by atoms with Gasteiger partial charge < -0.3 is 0 Å². The lowest BCUT2D eigenvalue weighted by molar-refractivity contribution is 0.144. The van der Waals surface area contributed by atoms with Crippen LogP contribution in [0.15, 0.2) is 17.2 Å². The average molecular weight is 380 g/mol. The van der Waals surface area contributed by atoms with Crippen LogP contribution < -0.4 is 5.56 Å². The van der Waals surface area contributed by atoms with Crippen LogP contribution in [0.5, 0.6) is 0 Å². The molecule has 1 aliphatic heterocycles. The van der Waals surface area contributed by atoms with Crippen molar-refractivity contribution in [1.82, 2.24) is 19.4 Å². The van der Waals surface area contributed by atoms with Crippen LogP contribution in [0, 0.1) is 5.92 Å². The summed E-state index contributed by atoms with van der Waals surface area (Å²) < 4.78 is 26.6. The molecule has 140 valence electrons. The van der Waals surface area contributed by atoms with E-state index >= 15 is 0 Å². The Kier molecular flexibility index (Phi) is 5.13. The Morgan fingerprint density at radius 2 is 2.08 bits per heavy atom. The maximum Gasteiger partial charge on any atom is 0.280 e. The monoisotopic (exact) mass is 380 g/mol. The Balaban J connectivity index is 1.30. The highest BCUT2D eigenvalue weighted by atomic mass is 32.1. The van der Waals surface area contributed by atoms with Gasteiger partial charge in [-0.15, -0.1) is 11.3 Å². The molecule has 0 atom stereocenters. The second-order valence-electron chi connectivity index (χ2n) is 7.16. The van der Waals surface area contributed by atoms with Gasteiger partial charge in [0.15, 0.2) is 0 Å². The van der Waals surface area contributed by atoms with Gasteiger partial charge in [0.25, 0.3) is 12.0 Å². The molecule has 26 heavy (non-hydrogen) atoms. The molecule has 0 saturated carbocycles. The van der Waals surface area contributed by atoms with Crippen molar-refractivity contribution in [2.75, 3.05) is 13.1 Å². The van der Waals surface area contributed by atoms with Crippen LogP contribution in [0.2, 0.25) is 0 Å². The molecule has 0 amide bonds. The molecule has 4 rings (SSSR count). The highest BCUT2D eigenvalue weighted by Crippen LogP contribution is 2.29. The van der Waals surface area contributed by atoms with Crippen molar-refractivity contribution in [3.8, 4) is 0 Å². The summed E-state index contributed by atoms with van der Waals surface area (Å²) in [6, 6.07) is 0.946. The van der Waals surface area contributed by atoms with Crippen LogP contribution in [0.1, 0.15) is 47.0 Å². The third-order valence-electron chi connectivity index (χ3n) is 5.29. The van der Waals surface area contributed by atoms with E-state index in [1.807, 2.05) is 11.3 Å². The van der Waals surface area contributed by atoms with Crippen LogP contribution in [0.25, 0.3) is 0 Å². The average Bonchev–Trinajstić information content (AvgIpc) is 3.19. The predicted octanol–water partition coefficient (Wildman–Crippen LogP) is 3.04. The molecule has 5 nitrogen and oxygen atoms in total. The molecule has 8 heteroatoms. The normalized spacial score (nSPS) is 18.6.